The highest BCUT2D eigenvalue weighted by atomic mass is 16.5. The minimum absolute atomic E-state index is 0.0148. The number of hydrogen-bond acceptors (Lipinski definition) is 4. The first-order chi connectivity index (χ1) is 9.16. The van der Waals surface area contributed by atoms with Crippen molar-refractivity contribution in [1.82, 2.24) is 4.90 Å². The molecule has 2 N–H and O–H groups in total. The zero-order chi connectivity index (χ0) is 13.7. The average Bonchev–Trinajstić information content (AvgIpc) is 2.62. The van der Waals surface area contributed by atoms with E-state index in [9.17, 15) is 4.79 Å². The second-order valence-electron chi connectivity index (χ2n) is 4.70. The molecule has 19 heavy (non-hydrogen) atoms. The van der Waals surface area contributed by atoms with Gasteiger partial charge in [-0.2, -0.15) is 0 Å². The lowest BCUT2D eigenvalue weighted by molar-refractivity contribution is -0.134. The number of nitrogens with zero attached hydrogens (tertiary/aromatic N) is 1. The average molecular weight is 264 g/mol. The number of carbonyl (C=O) groups excluding carboxylic acids is 1. The Balaban J connectivity index is 1.88. The van der Waals surface area contributed by atoms with Crippen LogP contribution in [0.25, 0.3) is 0 Å². The molecule has 0 spiro atoms. The van der Waals surface area contributed by atoms with Crippen molar-refractivity contribution >= 4 is 11.6 Å². The minimum atomic E-state index is -0.0272. The second kappa shape index (κ2) is 6.43. The summed E-state index contributed by atoms with van der Waals surface area (Å²) in [6.07, 6.45) is 0.942. The molecule has 1 aromatic rings. The number of rotatable bonds is 3. The smallest absolute Gasteiger partial charge is 0.260 e. The number of carbonyl (C=O) groups is 1. The van der Waals surface area contributed by atoms with Crippen LogP contribution in [0.4, 0.5) is 5.69 Å². The van der Waals surface area contributed by atoms with Crippen molar-refractivity contribution in [3.8, 4) is 5.75 Å². The molecular formula is C14H20N2O3. The van der Waals surface area contributed by atoms with Crippen LogP contribution in [-0.4, -0.2) is 43.2 Å². The number of para-hydroxylation sites is 2. The van der Waals surface area contributed by atoms with Gasteiger partial charge in [0, 0.05) is 19.7 Å². The van der Waals surface area contributed by atoms with Crippen LogP contribution in [0.2, 0.25) is 0 Å². The third-order valence-corrected chi connectivity index (χ3v) is 3.08. The highest BCUT2D eigenvalue weighted by molar-refractivity contribution is 5.78. The van der Waals surface area contributed by atoms with E-state index in [0.717, 1.165) is 13.0 Å². The van der Waals surface area contributed by atoms with Gasteiger partial charge in [-0.25, -0.2) is 0 Å². The Kier molecular flexibility index (Phi) is 4.63. The lowest BCUT2D eigenvalue weighted by Crippen LogP contribution is -2.38. The van der Waals surface area contributed by atoms with Crippen molar-refractivity contribution < 1.29 is 14.3 Å². The van der Waals surface area contributed by atoms with Crippen LogP contribution in [0.5, 0.6) is 5.75 Å². The molecule has 1 aliphatic rings. The van der Waals surface area contributed by atoms with Gasteiger partial charge in [-0.15, -0.1) is 0 Å². The lowest BCUT2D eigenvalue weighted by Gasteiger charge is -2.22. The van der Waals surface area contributed by atoms with Crippen molar-refractivity contribution in [2.24, 2.45) is 0 Å². The molecule has 1 unspecified atom stereocenters. The molecule has 1 aliphatic heterocycles. The van der Waals surface area contributed by atoms with Crippen molar-refractivity contribution in [2.75, 3.05) is 32.0 Å². The van der Waals surface area contributed by atoms with Gasteiger partial charge in [-0.1, -0.05) is 12.1 Å². The molecule has 0 saturated carbocycles. The van der Waals surface area contributed by atoms with E-state index in [-0.39, 0.29) is 18.6 Å². The lowest BCUT2D eigenvalue weighted by atomic mass is 10.3. The summed E-state index contributed by atoms with van der Waals surface area (Å²) in [6, 6.07) is 7.17. The summed E-state index contributed by atoms with van der Waals surface area (Å²) in [7, 11) is 0. The van der Waals surface area contributed by atoms with E-state index in [1.807, 2.05) is 19.1 Å². The van der Waals surface area contributed by atoms with Gasteiger partial charge in [0.1, 0.15) is 5.75 Å². The van der Waals surface area contributed by atoms with E-state index in [4.69, 9.17) is 15.2 Å². The zero-order valence-corrected chi connectivity index (χ0v) is 11.2. The quantitative estimate of drug-likeness (QED) is 0.835. The van der Waals surface area contributed by atoms with Crippen LogP contribution in [-0.2, 0) is 9.53 Å². The first-order valence-corrected chi connectivity index (χ1v) is 6.53. The second-order valence-corrected chi connectivity index (χ2v) is 4.70. The Bertz CT molecular complexity index is 436. The standard InChI is InChI=1S/C14H20N2O3/c1-11-9-16(7-4-8-18-11)14(17)10-19-13-6-3-2-5-12(13)15/h2-3,5-6,11H,4,7-10,15H2,1H3. The molecule has 0 aromatic heterocycles. The van der Waals surface area contributed by atoms with E-state index < -0.39 is 0 Å². The Morgan fingerprint density at radius 3 is 3.11 bits per heavy atom. The number of ether oxygens (including phenoxy) is 2. The molecule has 1 amide bonds. The zero-order valence-electron chi connectivity index (χ0n) is 11.2. The maximum Gasteiger partial charge on any atom is 0.260 e. The normalized spacial score (nSPS) is 19.8. The van der Waals surface area contributed by atoms with Gasteiger partial charge in [0.2, 0.25) is 0 Å². The van der Waals surface area contributed by atoms with Crippen LogP contribution in [0.15, 0.2) is 24.3 Å². The molecule has 1 aromatic carbocycles. The Morgan fingerprint density at radius 1 is 1.53 bits per heavy atom. The first kappa shape index (κ1) is 13.7. The van der Waals surface area contributed by atoms with E-state index in [2.05, 4.69) is 0 Å². The van der Waals surface area contributed by atoms with Crippen molar-refractivity contribution in [2.45, 2.75) is 19.4 Å². The van der Waals surface area contributed by atoms with E-state index >= 15 is 0 Å². The third kappa shape index (κ3) is 3.86. The largest absolute Gasteiger partial charge is 0.482 e. The predicted molar refractivity (Wildman–Crippen MR) is 73.0 cm³/mol. The molecular weight excluding hydrogens is 244 g/mol. The van der Waals surface area contributed by atoms with Crippen LogP contribution in [0, 0.1) is 0 Å². The van der Waals surface area contributed by atoms with E-state index in [0.29, 0.717) is 24.6 Å². The van der Waals surface area contributed by atoms with Gasteiger partial charge >= 0.3 is 0 Å². The van der Waals surface area contributed by atoms with Crippen LogP contribution < -0.4 is 10.5 Å². The van der Waals surface area contributed by atoms with Gasteiger partial charge in [0.25, 0.3) is 5.91 Å². The number of benzene rings is 1. The van der Waals surface area contributed by atoms with E-state index in [1.54, 1.807) is 17.0 Å². The third-order valence-electron chi connectivity index (χ3n) is 3.08. The van der Waals surface area contributed by atoms with Crippen LogP contribution in [0.3, 0.4) is 0 Å². The highest BCUT2D eigenvalue weighted by Gasteiger charge is 2.20. The summed E-state index contributed by atoms with van der Waals surface area (Å²) >= 11 is 0. The summed E-state index contributed by atoms with van der Waals surface area (Å²) in [6.45, 7) is 4.03. The van der Waals surface area contributed by atoms with Crippen molar-refractivity contribution in [3.63, 3.8) is 0 Å². The Morgan fingerprint density at radius 2 is 2.32 bits per heavy atom. The molecule has 2 rings (SSSR count). The van der Waals surface area contributed by atoms with Gasteiger partial charge in [-0.3, -0.25) is 4.79 Å². The monoisotopic (exact) mass is 264 g/mol. The van der Waals surface area contributed by atoms with Gasteiger partial charge in [0.15, 0.2) is 6.61 Å². The SMILES string of the molecule is CC1CN(C(=O)COc2ccccc2N)CCCO1. The summed E-state index contributed by atoms with van der Waals surface area (Å²) in [5, 5.41) is 0. The fourth-order valence-corrected chi connectivity index (χ4v) is 2.06. The maximum atomic E-state index is 12.1. The molecule has 0 radical (unpaired) electrons. The predicted octanol–water partition coefficient (Wildman–Crippen LogP) is 1.29. The first-order valence-electron chi connectivity index (χ1n) is 6.53. The number of nitrogen functional groups attached to an aromatic ring is 1. The number of anilines is 1. The van der Waals surface area contributed by atoms with Gasteiger partial charge in [0.05, 0.1) is 11.8 Å². The van der Waals surface area contributed by atoms with Crippen LogP contribution in [0.1, 0.15) is 13.3 Å². The molecule has 5 heteroatoms. The summed E-state index contributed by atoms with van der Waals surface area (Å²) in [5.74, 6) is 0.524. The number of hydrogen-bond donors (Lipinski definition) is 1. The Hall–Kier alpha value is -1.75. The molecule has 104 valence electrons. The topological polar surface area (TPSA) is 64.8 Å². The maximum absolute atomic E-state index is 12.1. The van der Waals surface area contributed by atoms with Gasteiger partial charge in [-0.05, 0) is 25.5 Å². The molecule has 0 bridgehead atoms. The number of nitrogens with two attached hydrogens (primary N) is 1. The molecule has 1 atom stereocenters. The fourth-order valence-electron chi connectivity index (χ4n) is 2.06. The molecule has 1 fully saturated rings. The molecule has 1 saturated heterocycles. The minimum Gasteiger partial charge on any atom is -0.482 e. The highest BCUT2D eigenvalue weighted by Crippen LogP contribution is 2.19. The summed E-state index contributed by atoms with van der Waals surface area (Å²) in [4.78, 5) is 13.9. The summed E-state index contributed by atoms with van der Waals surface area (Å²) in [5.41, 5.74) is 6.31. The van der Waals surface area contributed by atoms with Crippen molar-refractivity contribution in [1.29, 1.82) is 0 Å². The van der Waals surface area contributed by atoms with Gasteiger partial charge < -0.3 is 20.1 Å². The molecule has 1 heterocycles. The molecule has 5 nitrogen and oxygen atoms in total. The van der Waals surface area contributed by atoms with Crippen LogP contribution >= 0.6 is 0 Å². The van der Waals surface area contributed by atoms with Crippen molar-refractivity contribution in [3.05, 3.63) is 24.3 Å². The summed E-state index contributed by atoms with van der Waals surface area (Å²) < 4.78 is 11.0. The Labute approximate surface area is 113 Å². The number of amides is 1. The molecule has 0 aliphatic carbocycles. The van der Waals surface area contributed by atoms with E-state index in [1.165, 1.54) is 0 Å². The fraction of sp³-hybridized carbons (Fsp3) is 0.500.